The summed E-state index contributed by atoms with van der Waals surface area (Å²) < 4.78 is 5.37. The van der Waals surface area contributed by atoms with Crippen molar-refractivity contribution in [1.29, 1.82) is 0 Å². The van der Waals surface area contributed by atoms with Crippen LogP contribution in [-0.4, -0.2) is 39.4 Å². The molecule has 1 aromatic heterocycles. The number of nitrogens with zero attached hydrogens (tertiary/aromatic N) is 3. The number of anilines is 1. The van der Waals surface area contributed by atoms with E-state index in [0.717, 1.165) is 4.90 Å². The average Bonchev–Trinajstić information content (AvgIpc) is 3.21. The Morgan fingerprint density at radius 2 is 1.68 bits per heavy atom. The molecule has 2 heterocycles. The van der Waals surface area contributed by atoms with Crippen LogP contribution in [0.25, 0.3) is 11.5 Å². The summed E-state index contributed by atoms with van der Waals surface area (Å²) in [5, 5.41) is 10.7. The van der Waals surface area contributed by atoms with E-state index in [1.165, 1.54) is 18.2 Å². The van der Waals surface area contributed by atoms with Crippen molar-refractivity contribution in [3.63, 3.8) is 0 Å². The van der Waals surface area contributed by atoms with E-state index in [1.807, 2.05) is 0 Å². The Labute approximate surface area is 168 Å². The van der Waals surface area contributed by atoms with Gasteiger partial charge < -0.3 is 4.42 Å². The van der Waals surface area contributed by atoms with Crippen LogP contribution in [0.3, 0.4) is 0 Å². The molecule has 0 unspecified atom stereocenters. The third-order valence-corrected chi connectivity index (χ3v) is 4.56. The Bertz CT molecular complexity index is 1090. The average molecular weight is 417 g/mol. The Kier molecular flexibility index (Phi) is 4.58. The molecule has 3 aromatic rings. The molecule has 1 aliphatic rings. The molecule has 2 aromatic carbocycles. The Hall–Kier alpha value is -3.23. The van der Waals surface area contributed by atoms with Gasteiger partial charge in [-0.1, -0.05) is 40.4 Å². The second kappa shape index (κ2) is 7.06. The van der Waals surface area contributed by atoms with Crippen molar-refractivity contribution in [2.75, 3.05) is 11.9 Å². The van der Waals surface area contributed by atoms with E-state index in [2.05, 4.69) is 15.5 Å². The van der Waals surface area contributed by atoms with Crippen LogP contribution in [0.5, 0.6) is 0 Å². The summed E-state index contributed by atoms with van der Waals surface area (Å²) in [6.07, 6.45) is 0. The number of hydrogen-bond acceptors (Lipinski definition) is 6. The van der Waals surface area contributed by atoms with Gasteiger partial charge in [-0.2, -0.15) is 0 Å². The van der Waals surface area contributed by atoms with Crippen LogP contribution in [0, 0.1) is 0 Å². The first kappa shape index (κ1) is 18.1. The number of amides is 3. The maximum Gasteiger partial charge on any atom is 0.322 e. The maximum atomic E-state index is 12.3. The molecule has 0 atom stereocenters. The van der Waals surface area contributed by atoms with E-state index < -0.39 is 24.3 Å². The molecular weight excluding hydrogens is 407 g/mol. The summed E-state index contributed by atoms with van der Waals surface area (Å²) in [5.74, 6) is -1.64. The molecule has 0 radical (unpaired) electrons. The number of hydrogen-bond donors (Lipinski definition) is 1. The lowest BCUT2D eigenvalue weighted by molar-refractivity contribution is -0.116. The Morgan fingerprint density at radius 1 is 1.00 bits per heavy atom. The summed E-state index contributed by atoms with van der Waals surface area (Å²) in [6.45, 7) is -0.480. The van der Waals surface area contributed by atoms with Crippen LogP contribution in [0.15, 0.2) is 46.9 Å². The number of carbonyl (C=O) groups excluding carboxylic acids is 3. The Morgan fingerprint density at radius 3 is 2.32 bits per heavy atom. The molecule has 8 nitrogen and oxygen atoms in total. The molecule has 1 N–H and O–H groups in total. The molecule has 0 saturated carbocycles. The van der Waals surface area contributed by atoms with Gasteiger partial charge in [-0.15, -0.1) is 5.10 Å². The fourth-order valence-electron chi connectivity index (χ4n) is 2.73. The van der Waals surface area contributed by atoms with Crippen molar-refractivity contribution in [3.8, 4) is 11.5 Å². The zero-order valence-electron chi connectivity index (χ0n) is 14.0. The predicted octanol–water partition coefficient (Wildman–Crippen LogP) is 3.28. The van der Waals surface area contributed by atoms with E-state index >= 15 is 0 Å². The van der Waals surface area contributed by atoms with Gasteiger partial charge in [0.15, 0.2) is 0 Å². The Balaban J connectivity index is 1.46. The van der Waals surface area contributed by atoms with Crippen LogP contribution in [0.2, 0.25) is 10.0 Å². The highest BCUT2D eigenvalue weighted by Crippen LogP contribution is 2.30. The summed E-state index contributed by atoms with van der Waals surface area (Å²) in [7, 11) is 0. The van der Waals surface area contributed by atoms with Gasteiger partial charge in [0, 0.05) is 5.02 Å². The van der Waals surface area contributed by atoms with Crippen molar-refractivity contribution in [3.05, 3.63) is 63.6 Å². The van der Waals surface area contributed by atoms with Gasteiger partial charge in [0.25, 0.3) is 17.7 Å². The molecule has 0 bridgehead atoms. The largest absolute Gasteiger partial charge is 0.403 e. The lowest BCUT2D eigenvalue weighted by atomic mass is 10.1. The highest BCUT2D eigenvalue weighted by Gasteiger charge is 2.36. The number of halogens is 2. The van der Waals surface area contributed by atoms with E-state index in [4.69, 9.17) is 27.6 Å². The van der Waals surface area contributed by atoms with Crippen molar-refractivity contribution >= 4 is 46.9 Å². The quantitative estimate of drug-likeness (QED) is 0.654. The van der Waals surface area contributed by atoms with Gasteiger partial charge in [0.2, 0.25) is 5.91 Å². The normalized spacial score (nSPS) is 13.0. The van der Waals surface area contributed by atoms with Gasteiger partial charge >= 0.3 is 6.01 Å². The summed E-state index contributed by atoms with van der Waals surface area (Å²) in [5.41, 5.74) is 0.968. The molecule has 0 spiro atoms. The van der Waals surface area contributed by atoms with Crippen LogP contribution >= 0.6 is 23.2 Å². The molecule has 10 heteroatoms. The summed E-state index contributed by atoms with van der Waals surface area (Å²) in [4.78, 5) is 37.7. The number of imide groups is 1. The predicted molar refractivity (Wildman–Crippen MR) is 100 cm³/mol. The minimum atomic E-state index is -0.660. The first-order valence-electron chi connectivity index (χ1n) is 7.98. The molecule has 4 rings (SSSR count). The molecule has 28 heavy (non-hydrogen) atoms. The fraction of sp³-hybridized carbons (Fsp3) is 0.0556. The van der Waals surface area contributed by atoms with Crippen molar-refractivity contribution in [2.45, 2.75) is 0 Å². The van der Waals surface area contributed by atoms with Crippen molar-refractivity contribution in [1.82, 2.24) is 15.1 Å². The van der Waals surface area contributed by atoms with Gasteiger partial charge in [0.05, 0.1) is 21.7 Å². The SMILES string of the molecule is O=C(CN1C(=O)c2ccccc2C1=O)Nc1nnc(-c2ccc(Cl)cc2Cl)o1. The molecule has 1 aliphatic heterocycles. The van der Waals surface area contributed by atoms with Crippen LogP contribution < -0.4 is 5.32 Å². The third-order valence-electron chi connectivity index (χ3n) is 4.01. The molecule has 3 amide bonds. The first-order chi connectivity index (χ1) is 13.4. The van der Waals surface area contributed by atoms with Crippen molar-refractivity contribution in [2.24, 2.45) is 0 Å². The van der Waals surface area contributed by atoms with Gasteiger partial charge in [-0.3, -0.25) is 24.6 Å². The van der Waals surface area contributed by atoms with Crippen molar-refractivity contribution < 1.29 is 18.8 Å². The molecule has 0 aliphatic carbocycles. The summed E-state index contributed by atoms with van der Waals surface area (Å²) in [6, 6.07) is 10.9. The highest BCUT2D eigenvalue weighted by atomic mass is 35.5. The van der Waals surface area contributed by atoms with E-state index in [0.29, 0.717) is 15.6 Å². The molecule has 0 fully saturated rings. The maximum absolute atomic E-state index is 12.3. The first-order valence-corrected chi connectivity index (χ1v) is 8.73. The highest BCUT2D eigenvalue weighted by molar-refractivity contribution is 6.36. The molecular formula is C18H10Cl2N4O4. The topological polar surface area (TPSA) is 105 Å². The minimum absolute atomic E-state index is 0.0812. The molecule has 0 saturated heterocycles. The standard InChI is InChI=1S/C18H10Cl2N4O4/c19-9-5-6-12(13(20)7-9)15-22-23-18(28-15)21-14(25)8-24-16(26)10-3-1-2-4-11(10)17(24)27/h1-7H,8H2,(H,21,23,25). The number of carbonyl (C=O) groups is 3. The third kappa shape index (κ3) is 3.23. The summed E-state index contributed by atoms with van der Waals surface area (Å²) >= 11 is 11.9. The van der Waals surface area contributed by atoms with Gasteiger partial charge in [-0.05, 0) is 30.3 Å². The monoisotopic (exact) mass is 416 g/mol. The lowest BCUT2D eigenvalue weighted by Gasteiger charge is -2.12. The second-order valence-electron chi connectivity index (χ2n) is 5.83. The van der Waals surface area contributed by atoms with Gasteiger partial charge in [-0.25, -0.2) is 0 Å². The van der Waals surface area contributed by atoms with E-state index in [9.17, 15) is 14.4 Å². The smallest absolute Gasteiger partial charge is 0.322 e. The fourth-order valence-corrected chi connectivity index (χ4v) is 3.22. The zero-order chi connectivity index (χ0) is 19.8. The number of benzene rings is 2. The number of aromatic nitrogens is 2. The van der Waals surface area contributed by atoms with Crippen LogP contribution in [0.1, 0.15) is 20.7 Å². The number of nitrogens with one attached hydrogen (secondary N) is 1. The van der Waals surface area contributed by atoms with E-state index in [1.54, 1.807) is 24.3 Å². The number of rotatable bonds is 4. The zero-order valence-corrected chi connectivity index (χ0v) is 15.5. The minimum Gasteiger partial charge on any atom is -0.403 e. The second-order valence-corrected chi connectivity index (χ2v) is 6.67. The van der Waals surface area contributed by atoms with Crippen LogP contribution in [0.4, 0.5) is 6.01 Å². The molecule has 140 valence electrons. The lowest BCUT2D eigenvalue weighted by Crippen LogP contribution is -2.37. The van der Waals surface area contributed by atoms with Crippen LogP contribution in [-0.2, 0) is 4.79 Å². The number of fused-ring (bicyclic) bond motifs is 1. The van der Waals surface area contributed by atoms with Gasteiger partial charge in [0.1, 0.15) is 6.54 Å². The van der Waals surface area contributed by atoms with E-state index in [-0.39, 0.29) is 23.0 Å².